The number of anilines is 2. The Morgan fingerprint density at radius 2 is 1.96 bits per heavy atom. The first kappa shape index (κ1) is 16.5. The van der Waals surface area contributed by atoms with Crippen molar-refractivity contribution in [1.82, 2.24) is 0 Å². The predicted octanol–water partition coefficient (Wildman–Crippen LogP) is 2.78. The minimum atomic E-state index is -0.333. The van der Waals surface area contributed by atoms with E-state index in [2.05, 4.69) is 5.32 Å². The lowest BCUT2D eigenvalue weighted by Crippen LogP contribution is -2.07. The van der Waals surface area contributed by atoms with Crippen molar-refractivity contribution in [3.05, 3.63) is 48.0 Å². The largest absolute Gasteiger partial charge is 0.507 e. The number of halogens is 1. The van der Waals surface area contributed by atoms with E-state index in [1.165, 1.54) is 18.2 Å². The SMILES string of the molecule is Cl.Nc1ccc(O)c(/C=C/C(=O)Nc2ccc3c(c2)OCO3)c1. The van der Waals surface area contributed by atoms with Gasteiger partial charge in [0.15, 0.2) is 11.5 Å². The van der Waals surface area contributed by atoms with Gasteiger partial charge < -0.3 is 25.6 Å². The van der Waals surface area contributed by atoms with Gasteiger partial charge in [0.05, 0.1) is 0 Å². The van der Waals surface area contributed by atoms with Gasteiger partial charge in [-0.25, -0.2) is 0 Å². The smallest absolute Gasteiger partial charge is 0.248 e. The van der Waals surface area contributed by atoms with Crippen LogP contribution in [0.25, 0.3) is 6.08 Å². The van der Waals surface area contributed by atoms with E-state index in [9.17, 15) is 9.90 Å². The fourth-order valence-corrected chi connectivity index (χ4v) is 2.03. The molecule has 2 aromatic rings. The molecule has 2 aromatic carbocycles. The van der Waals surface area contributed by atoms with Crippen LogP contribution in [0.4, 0.5) is 11.4 Å². The zero-order valence-corrected chi connectivity index (χ0v) is 12.8. The molecule has 0 aliphatic carbocycles. The molecular weight excluding hydrogens is 320 g/mol. The Hall–Kier alpha value is -2.86. The molecule has 0 atom stereocenters. The molecule has 23 heavy (non-hydrogen) atoms. The second-order valence-electron chi connectivity index (χ2n) is 4.71. The molecule has 6 nitrogen and oxygen atoms in total. The average Bonchev–Trinajstić information content (AvgIpc) is 2.96. The van der Waals surface area contributed by atoms with Gasteiger partial charge in [0.2, 0.25) is 12.7 Å². The molecule has 3 rings (SSSR count). The summed E-state index contributed by atoms with van der Waals surface area (Å²) < 4.78 is 10.4. The second-order valence-corrected chi connectivity index (χ2v) is 4.71. The van der Waals surface area contributed by atoms with Crippen molar-refractivity contribution >= 4 is 35.8 Å². The lowest BCUT2D eigenvalue weighted by Gasteiger charge is -2.04. The molecule has 7 heteroatoms. The highest BCUT2D eigenvalue weighted by Crippen LogP contribution is 2.34. The first-order chi connectivity index (χ1) is 10.6. The van der Waals surface area contributed by atoms with E-state index < -0.39 is 0 Å². The van der Waals surface area contributed by atoms with Crippen LogP contribution in [0, 0.1) is 0 Å². The molecule has 0 spiro atoms. The Morgan fingerprint density at radius 1 is 1.17 bits per heavy atom. The Balaban J connectivity index is 0.00000192. The van der Waals surface area contributed by atoms with Crippen LogP contribution in [0.3, 0.4) is 0 Å². The van der Waals surface area contributed by atoms with E-state index in [0.717, 1.165) is 0 Å². The number of hydrogen-bond donors (Lipinski definition) is 3. The number of amides is 1. The Labute approximate surface area is 138 Å². The molecule has 0 saturated carbocycles. The van der Waals surface area contributed by atoms with Crippen LogP contribution < -0.4 is 20.5 Å². The van der Waals surface area contributed by atoms with Crippen LogP contribution in [0.2, 0.25) is 0 Å². The molecule has 0 aromatic heterocycles. The average molecular weight is 335 g/mol. The van der Waals surface area contributed by atoms with Crippen molar-refractivity contribution in [2.24, 2.45) is 0 Å². The molecule has 1 heterocycles. The number of carbonyl (C=O) groups excluding carboxylic acids is 1. The quantitative estimate of drug-likeness (QED) is 0.456. The fraction of sp³-hybridized carbons (Fsp3) is 0.0625. The van der Waals surface area contributed by atoms with E-state index in [1.807, 2.05) is 0 Å². The van der Waals surface area contributed by atoms with Crippen molar-refractivity contribution in [2.45, 2.75) is 0 Å². The highest BCUT2D eigenvalue weighted by Gasteiger charge is 2.13. The van der Waals surface area contributed by atoms with Crippen LogP contribution in [0.1, 0.15) is 5.56 Å². The molecule has 0 radical (unpaired) electrons. The number of nitrogens with two attached hydrogens (primary N) is 1. The maximum atomic E-state index is 11.9. The topological polar surface area (TPSA) is 93.8 Å². The van der Waals surface area contributed by atoms with Crippen LogP contribution in [-0.4, -0.2) is 17.8 Å². The number of rotatable bonds is 3. The number of phenols is 1. The maximum Gasteiger partial charge on any atom is 0.248 e. The first-order valence-electron chi connectivity index (χ1n) is 6.59. The van der Waals surface area contributed by atoms with Crippen LogP contribution in [-0.2, 0) is 4.79 Å². The van der Waals surface area contributed by atoms with Crippen LogP contribution in [0.15, 0.2) is 42.5 Å². The highest BCUT2D eigenvalue weighted by molar-refractivity contribution is 6.02. The van der Waals surface area contributed by atoms with Crippen molar-refractivity contribution in [3.8, 4) is 17.2 Å². The van der Waals surface area contributed by atoms with Gasteiger partial charge in [0.1, 0.15) is 5.75 Å². The van der Waals surface area contributed by atoms with Gasteiger partial charge in [-0.3, -0.25) is 4.79 Å². The summed E-state index contributed by atoms with van der Waals surface area (Å²) in [5.74, 6) is 0.968. The monoisotopic (exact) mass is 334 g/mol. The van der Waals surface area contributed by atoms with E-state index in [1.54, 1.807) is 30.3 Å². The lowest BCUT2D eigenvalue weighted by molar-refractivity contribution is -0.111. The molecular formula is C16H15ClN2O4. The summed E-state index contributed by atoms with van der Waals surface area (Å²) in [4.78, 5) is 11.9. The van der Waals surface area contributed by atoms with Crippen molar-refractivity contribution in [1.29, 1.82) is 0 Å². The number of phenolic OH excluding ortho intramolecular Hbond substituents is 1. The molecule has 120 valence electrons. The summed E-state index contributed by atoms with van der Waals surface area (Å²) in [6.45, 7) is 0.182. The molecule has 1 amide bonds. The predicted molar refractivity (Wildman–Crippen MR) is 90.0 cm³/mol. The summed E-state index contributed by atoms with van der Waals surface area (Å²) in [5, 5.41) is 12.4. The number of carbonyl (C=O) groups is 1. The van der Waals surface area contributed by atoms with Gasteiger partial charge in [0, 0.05) is 29.1 Å². The maximum absolute atomic E-state index is 11.9. The molecule has 0 unspecified atom stereocenters. The summed E-state index contributed by atoms with van der Waals surface area (Å²) in [7, 11) is 0. The number of hydrogen-bond acceptors (Lipinski definition) is 5. The molecule has 0 fully saturated rings. The minimum absolute atomic E-state index is 0. The summed E-state index contributed by atoms with van der Waals surface area (Å²) in [6.07, 6.45) is 2.81. The Kier molecular flexibility index (Phi) is 4.98. The number of ether oxygens (including phenoxy) is 2. The number of nitrogen functional groups attached to an aromatic ring is 1. The molecule has 1 aliphatic heterocycles. The van der Waals surface area contributed by atoms with Crippen LogP contribution >= 0.6 is 12.4 Å². The Bertz CT molecular complexity index is 762. The van der Waals surface area contributed by atoms with Gasteiger partial charge in [-0.05, 0) is 36.4 Å². The van der Waals surface area contributed by atoms with Crippen molar-refractivity contribution < 1.29 is 19.4 Å². The number of aromatic hydroxyl groups is 1. The second kappa shape index (κ2) is 6.93. The first-order valence-corrected chi connectivity index (χ1v) is 6.59. The third-order valence-corrected chi connectivity index (χ3v) is 3.11. The Morgan fingerprint density at radius 3 is 2.78 bits per heavy atom. The van der Waals surface area contributed by atoms with Crippen LogP contribution in [0.5, 0.6) is 17.2 Å². The zero-order chi connectivity index (χ0) is 15.5. The lowest BCUT2D eigenvalue weighted by atomic mass is 10.1. The van der Waals surface area contributed by atoms with Gasteiger partial charge in [-0.2, -0.15) is 0 Å². The standard InChI is InChI=1S/C16H14N2O4.ClH/c17-11-2-4-13(19)10(7-11)1-6-16(20)18-12-3-5-14-15(8-12)22-9-21-14;/h1-8,19H,9,17H2,(H,18,20);1H/b6-1+;. The third-order valence-electron chi connectivity index (χ3n) is 3.11. The van der Waals surface area contributed by atoms with Crippen molar-refractivity contribution in [3.63, 3.8) is 0 Å². The number of benzene rings is 2. The molecule has 1 aliphatic rings. The van der Waals surface area contributed by atoms with Gasteiger partial charge in [-0.1, -0.05) is 0 Å². The van der Waals surface area contributed by atoms with Gasteiger partial charge in [0.25, 0.3) is 0 Å². The highest BCUT2D eigenvalue weighted by atomic mass is 35.5. The fourth-order valence-electron chi connectivity index (χ4n) is 2.03. The van der Waals surface area contributed by atoms with E-state index in [-0.39, 0.29) is 30.9 Å². The van der Waals surface area contributed by atoms with Gasteiger partial charge in [-0.15, -0.1) is 12.4 Å². The van der Waals surface area contributed by atoms with E-state index in [4.69, 9.17) is 15.2 Å². The molecule has 4 N–H and O–H groups in total. The summed E-state index contributed by atoms with van der Waals surface area (Å²) in [6, 6.07) is 9.78. The summed E-state index contributed by atoms with van der Waals surface area (Å²) in [5.41, 5.74) is 7.21. The summed E-state index contributed by atoms with van der Waals surface area (Å²) >= 11 is 0. The van der Waals surface area contributed by atoms with E-state index in [0.29, 0.717) is 28.4 Å². The molecule has 0 bridgehead atoms. The minimum Gasteiger partial charge on any atom is -0.507 e. The molecule has 0 saturated heterocycles. The van der Waals surface area contributed by atoms with Gasteiger partial charge >= 0.3 is 0 Å². The normalized spacial score (nSPS) is 12.0. The zero-order valence-electron chi connectivity index (χ0n) is 12.0. The number of nitrogens with one attached hydrogen (secondary N) is 1. The van der Waals surface area contributed by atoms with E-state index >= 15 is 0 Å². The number of fused-ring (bicyclic) bond motifs is 1. The third kappa shape index (κ3) is 3.87. The van der Waals surface area contributed by atoms with Crippen molar-refractivity contribution in [2.75, 3.05) is 17.8 Å².